The van der Waals surface area contributed by atoms with E-state index in [9.17, 15) is 38.8 Å². The summed E-state index contributed by atoms with van der Waals surface area (Å²) in [5.41, 5.74) is 1.18. The maximum absolute atomic E-state index is 14.4. The van der Waals surface area contributed by atoms with E-state index < -0.39 is 79.2 Å². The number of carbonyl (C=O) groups is 5. The highest BCUT2D eigenvalue weighted by Crippen LogP contribution is 2.44. The number of Topliss-reactive ketones (excluding diaryl/α,β-unsaturated/α-hetero) is 3. The van der Waals surface area contributed by atoms with Crippen molar-refractivity contribution in [1.82, 2.24) is 4.90 Å². The number of cyclic esters (lactones) is 1. The highest BCUT2D eigenvalue weighted by atomic mass is 31.2. The molecule has 2 bridgehead atoms. The Labute approximate surface area is 405 Å². The molecule has 3 aliphatic heterocycles. The van der Waals surface area contributed by atoms with E-state index in [2.05, 4.69) is 0 Å². The zero-order valence-electron chi connectivity index (χ0n) is 42.6. The van der Waals surface area contributed by atoms with Crippen molar-refractivity contribution in [3.63, 3.8) is 0 Å². The van der Waals surface area contributed by atoms with Crippen LogP contribution in [0.15, 0.2) is 47.6 Å². The smallest absolute Gasteiger partial charge is 0.329 e. The van der Waals surface area contributed by atoms with Gasteiger partial charge in [-0.1, -0.05) is 64.2 Å². The summed E-state index contributed by atoms with van der Waals surface area (Å²) in [6, 6.07) is -1.15. The average molecular weight is 976 g/mol. The SMILES string of the molecule is CO[C@H]1C[C@@H]2CC[C@@H](C)[C@@](O)(O2)C(=O)C(=O)N2CCCC[C@H]2C(=O)O[C@H]([C@H](C)C[C@@H]2CC[C@@H](OP(C)(C)=O)[C@H](OC)C2)CC(=O)C(C)=CC[C@H](O)[C@H](OC)C(=O)[C@H](C)C[C@@H](C)C=CC=CC=C1C. The molecule has 68 heavy (non-hydrogen) atoms. The normalized spacial score (nSPS) is 35.8. The van der Waals surface area contributed by atoms with Gasteiger partial charge in [0.2, 0.25) is 5.79 Å². The molecule has 0 spiro atoms. The Morgan fingerprint density at radius 3 is 2.26 bits per heavy atom. The van der Waals surface area contributed by atoms with Crippen molar-refractivity contribution in [2.45, 2.75) is 180 Å². The molecular weight excluding hydrogens is 894 g/mol. The van der Waals surface area contributed by atoms with E-state index in [-0.39, 0.29) is 67.3 Å². The number of ketones is 3. The first kappa shape index (κ1) is 57.4. The van der Waals surface area contributed by atoms with Gasteiger partial charge in [0, 0.05) is 65.9 Å². The zero-order valence-corrected chi connectivity index (χ0v) is 43.5. The van der Waals surface area contributed by atoms with Gasteiger partial charge in [-0.05, 0) is 113 Å². The fourth-order valence-electron chi connectivity index (χ4n) is 10.3. The van der Waals surface area contributed by atoms with Crippen LogP contribution in [0.5, 0.6) is 0 Å². The van der Waals surface area contributed by atoms with Crippen LogP contribution in [0.1, 0.15) is 125 Å². The van der Waals surface area contributed by atoms with E-state index >= 15 is 0 Å². The van der Waals surface area contributed by atoms with Gasteiger partial charge in [-0.15, -0.1) is 0 Å². The quantitative estimate of drug-likeness (QED) is 0.138. The molecule has 1 saturated carbocycles. The molecular formula is C52H82NO14P. The number of allylic oxidation sites excluding steroid dienone is 6. The van der Waals surface area contributed by atoms with E-state index in [0.29, 0.717) is 63.4 Å². The molecule has 0 aromatic rings. The van der Waals surface area contributed by atoms with Crippen molar-refractivity contribution in [2.24, 2.45) is 29.6 Å². The first-order valence-electron chi connectivity index (χ1n) is 24.7. The lowest BCUT2D eigenvalue weighted by atomic mass is 9.78. The monoisotopic (exact) mass is 976 g/mol. The molecule has 1 aliphatic carbocycles. The van der Waals surface area contributed by atoms with Crippen molar-refractivity contribution in [3.8, 4) is 0 Å². The summed E-state index contributed by atoms with van der Waals surface area (Å²) in [7, 11) is 1.76. The second kappa shape index (κ2) is 26.3. The van der Waals surface area contributed by atoms with Crippen LogP contribution in [0.25, 0.3) is 0 Å². The molecule has 0 aromatic heterocycles. The molecule has 0 aromatic carbocycles. The van der Waals surface area contributed by atoms with Crippen LogP contribution in [-0.2, 0) is 56.7 Å². The van der Waals surface area contributed by atoms with Gasteiger partial charge in [0.25, 0.3) is 11.7 Å². The first-order valence-corrected chi connectivity index (χ1v) is 27.3. The summed E-state index contributed by atoms with van der Waals surface area (Å²) < 4.78 is 48.1. The van der Waals surface area contributed by atoms with E-state index in [1.54, 1.807) is 47.5 Å². The lowest BCUT2D eigenvalue weighted by Crippen LogP contribution is -2.61. The minimum atomic E-state index is -2.79. The van der Waals surface area contributed by atoms with Crippen LogP contribution in [0.4, 0.5) is 0 Å². The van der Waals surface area contributed by atoms with Gasteiger partial charge in [-0.3, -0.25) is 23.7 Å². The Hall–Kier alpha value is -3.14. The standard InChI is InChI=1S/C52H82NO14P/c1-32-17-13-12-14-18-34(3)44(62-7)30-39-23-21-37(6)52(60,66-39)49(57)50(58)53-26-16-15-19-40(53)51(59)65-45(35(4)28-38-22-25-43(46(29-38)63-8)67-68(10,11)61)31-42(55)33(2)20-24-41(54)48(64-9)47(56)36(5)27-32/h12-14,17-18,20,32,35-41,43-46,48,54,60H,15-16,19,21-31H2,1-11H3/t32-,35+,36+,37+,38-,39-,40-,41-,43+,44-,45-,46+,48-,52+/m0/s1. The van der Waals surface area contributed by atoms with Crippen LogP contribution < -0.4 is 0 Å². The van der Waals surface area contributed by atoms with Crippen LogP contribution in [-0.4, -0.2) is 140 Å². The number of piperidine rings is 1. The van der Waals surface area contributed by atoms with E-state index in [1.165, 1.54) is 12.0 Å². The summed E-state index contributed by atoms with van der Waals surface area (Å²) >= 11 is 0. The number of aliphatic hydroxyl groups excluding tert-OH is 1. The minimum Gasteiger partial charge on any atom is -0.460 e. The Bertz CT molecular complexity index is 1910. The van der Waals surface area contributed by atoms with Gasteiger partial charge in [-0.25, -0.2) is 4.79 Å². The predicted molar refractivity (Wildman–Crippen MR) is 259 cm³/mol. The third-order valence-electron chi connectivity index (χ3n) is 14.5. The number of rotatable bonds is 8. The van der Waals surface area contributed by atoms with Gasteiger partial charge in [-0.2, -0.15) is 0 Å². The number of esters is 1. The largest absolute Gasteiger partial charge is 0.460 e. The summed E-state index contributed by atoms with van der Waals surface area (Å²) in [6.07, 6.45) is 11.4. The third-order valence-corrected chi connectivity index (χ3v) is 15.3. The van der Waals surface area contributed by atoms with Crippen LogP contribution in [0.3, 0.4) is 0 Å². The summed E-state index contributed by atoms with van der Waals surface area (Å²) in [6.45, 7) is 14.2. The lowest BCUT2D eigenvalue weighted by molar-refractivity contribution is -0.265. The summed E-state index contributed by atoms with van der Waals surface area (Å²) in [4.78, 5) is 71.8. The average Bonchev–Trinajstić information content (AvgIpc) is 3.29. The molecule has 4 aliphatic rings. The van der Waals surface area contributed by atoms with Crippen molar-refractivity contribution in [1.29, 1.82) is 0 Å². The molecule has 16 heteroatoms. The number of fused-ring (bicyclic) bond motifs is 3. The maximum Gasteiger partial charge on any atom is 0.329 e. The molecule has 0 unspecified atom stereocenters. The van der Waals surface area contributed by atoms with Crippen molar-refractivity contribution in [2.75, 3.05) is 41.2 Å². The number of aliphatic hydroxyl groups is 2. The molecule has 4 rings (SSSR count). The van der Waals surface area contributed by atoms with Crippen LogP contribution in [0.2, 0.25) is 0 Å². The van der Waals surface area contributed by atoms with Crippen molar-refractivity contribution in [3.05, 3.63) is 47.6 Å². The van der Waals surface area contributed by atoms with Crippen LogP contribution >= 0.6 is 7.37 Å². The van der Waals surface area contributed by atoms with Gasteiger partial charge >= 0.3 is 5.97 Å². The number of methoxy groups -OCH3 is 3. The number of carbonyl (C=O) groups excluding carboxylic acids is 5. The molecule has 3 heterocycles. The Morgan fingerprint density at radius 1 is 0.882 bits per heavy atom. The lowest BCUT2D eigenvalue weighted by Gasteiger charge is -2.42. The molecule has 2 saturated heterocycles. The van der Waals surface area contributed by atoms with Crippen LogP contribution in [0, 0.1) is 29.6 Å². The molecule has 384 valence electrons. The number of hydrogen-bond acceptors (Lipinski definition) is 14. The maximum atomic E-state index is 14.4. The Morgan fingerprint density at radius 2 is 1.60 bits per heavy atom. The molecule has 14 atom stereocenters. The van der Waals surface area contributed by atoms with Crippen molar-refractivity contribution < 1.29 is 67.0 Å². The van der Waals surface area contributed by atoms with Gasteiger partial charge < -0.3 is 43.3 Å². The first-order chi connectivity index (χ1) is 32.0. The topological polar surface area (TPSA) is 201 Å². The molecule has 15 nitrogen and oxygen atoms in total. The minimum absolute atomic E-state index is 0.0214. The highest BCUT2D eigenvalue weighted by molar-refractivity contribution is 7.57. The Balaban J connectivity index is 1.68. The molecule has 1 amide bonds. The van der Waals surface area contributed by atoms with E-state index in [0.717, 1.165) is 12.0 Å². The molecule has 0 radical (unpaired) electrons. The summed E-state index contributed by atoms with van der Waals surface area (Å²) in [5.74, 6) is -7.36. The number of amides is 1. The van der Waals surface area contributed by atoms with E-state index in [1.807, 2.05) is 58.1 Å². The molecule has 2 N–H and O–H groups in total. The zero-order chi connectivity index (χ0) is 50.5. The highest BCUT2D eigenvalue weighted by Gasteiger charge is 2.53. The second-order valence-corrected chi connectivity index (χ2v) is 23.1. The van der Waals surface area contributed by atoms with Gasteiger partial charge in [0.1, 0.15) is 18.2 Å². The molecule has 3 fully saturated rings. The number of ether oxygens (including phenoxy) is 5. The second-order valence-electron chi connectivity index (χ2n) is 20.4. The van der Waals surface area contributed by atoms with Gasteiger partial charge in [0.15, 0.2) is 18.9 Å². The fourth-order valence-corrected chi connectivity index (χ4v) is 11.2. The third kappa shape index (κ3) is 15.9. The summed E-state index contributed by atoms with van der Waals surface area (Å²) in [5, 5.41) is 23.2. The number of nitrogens with zero attached hydrogens (tertiary/aromatic N) is 1. The van der Waals surface area contributed by atoms with Gasteiger partial charge in [0.05, 0.1) is 30.5 Å². The van der Waals surface area contributed by atoms with E-state index in [4.69, 9.17) is 28.2 Å². The Kier molecular flexibility index (Phi) is 22.3. The predicted octanol–water partition coefficient (Wildman–Crippen LogP) is 7.50. The number of hydrogen-bond donors (Lipinski definition) is 2. The fraction of sp³-hybridized carbons (Fsp3) is 0.750. The van der Waals surface area contributed by atoms with Crippen molar-refractivity contribution >= 4 is 36.6 Å².